The number of carbonyl (C=O) groups is 2. The van der Waals surface area contributed by atoms with Gasteiger partial charge in [0.2, 0.25) is 11.8 Å². The Kier molecular flexibility index (Phi) is 11.6. The topological polar surface area (TPSA) is 96.0 Å². The standard InChI is InChI=1S/C35H38ClN3O5S/c1-4-26(2)37-35(41)33(23-27-11-7-5-8-12-27)38(24-28-13-9-6-10-14-28)34(40)25-39(30-17-15-29(36)16-18-30)45(42,43)32-21-19-31(44-3)20-22-32/h5-22,26,33H,4,23-25H2,1-3H3,(H,37,41)/t26-,33+/m0/s1. The molecular weight excluding hydrogens is 610 g/mol. The molecule has 1 N–H and O–H groups in total. The van der Waals surface area contributed by atoms with Crippen molar-refractivity contribution >= 4 is 39.1 Å². The smallest absolute Gasteiger partial charge is 0.264 e. The zero-order valence-electron chi connectivity index (χ0n) is 25.6. The van der Waals surface area contributed by atoms with Crippen LogP contribution in [0.3, 0.4) is 0 Å². The van der Waals surface area contributed by atoms with Gasteiger partial charge < -0.3 is 15.0 Å². The van der Waals surface area contributed by atoms with E-state index in [0.717, 1.165) is 15.4 Å². The number of amides is 2. The van der Waals surface area contributed by atoms with E-state index < -0.39 is 28.5 Å². The van der Waals surface area contributed by atoms with Gasteiger partial charge in [-0.3, -0.25) is 13.9 Å². The molecular formula is C35H38ClN3O5S. The highest BCUT2D eigenvalue weighted by Gasteiger charge is 2.35. The van der Waals surface area contributed by atoms with Gasteiger partial charge in [0.1, 0.15) is 18.3 Å². The molecule has 0 fully saturated rings. The molecule has 0 bridgehead atoms. The second-order valence-electron chi connectivity index (χ2n) is 10.7. The number of sulfonamides is 1. The summed E-state index contributed by atoms with van der Waals surface area (Å²) in [7, 11) is -2.74. The SMILES string of the molecule is CC[C@H](C)NC(=O)[C@@H](Cc1ccccc1)N(Cc1ccccc1)C(=O)CN(c1ccc(Cl)cc1)S(=O)(=O)c1ccc(OC)cc1. The van der Waals surface area contributed by atoms with Crippen molar-refractivity contribution in [3.05, 3.63) is 125 Å². The maximum Gasteiger partial charge on any atom is 0.264 e. The molecule has 10 heteroatoms. The minimum Gasteiger partial charge on any atom is -0.497 e. The van der Waals surface area contributed by atoms with Crippen molar-refractivity contribution in [1.82, 2.24) is 10.2 Å². The monoisotopic (exact) mass is 647 g/mol. The van der Waals surface area contributed by atoms with Gasteiger partial charge in [0.05, 0.1) is 17.7 Å². The van der Waals surface area contributed by atoms with Gasteiger partial charge in [0.15, 0.2) is 0 Å². The predicted molar refractivity (Wildman–Crippen MR) is 178 cm³/mol. The molecule has 2 amide bonds. The molecule has 4 rings (SSSR count). The minimum atomic E-state index is -4.23. The lowest BCUT2D eigenvalue weighted by Crippen LogP contribution is -2.54. The molecule has 0 aliphatic heterocycles. The summed E-state index contributed by atoms with van der Waals surface area (Å²) in [5, 5.41) is 3.46. The third kappa shape index (κ3) is 8.86. The van der Waals surface area contributed by atoms with Crippen molar-refractivity contribution in [1.29, 1.82) is 0 Å². The molecule has 0 aliphatic rings. The number of benzene rings is 4. The molecule has 0 spiro atoms. The summed E-state index contributed by atoms with van der Waals surface area (Å²) < 4.78 is 34.5. The maximum absolute atomic E-state index is 14.5. The van der Waals surface area contributed by atoms with Crippen LogP contribution in [0.4, 0.5) is 5.69 Å². The largest absolute Gasteiger partial charge is 0.497 e. The van der Waals surface area contributed by atoms with Crippen LogP contribution in [0.25, 0.3) is 0 Å². The molecule has 4 aromatic carbocycles. The van der Waals surface area contributed by atoms with E-state index in [9.17, 15) is 18.0 Å². The molecule has 0 saturated heterocycles. The Morgan fingerprint density at radius 3 is 1.98 bits per heavy atom. The first-order valence-electron chi connectivity index (χ1n) is 14.7. The fourth-order valence-electron chi connectivity index (χ4n) is 4.79. The molecule has 0 saturated carbocycles. The van der Waals surface area contributed by atoms with Crippen LogP contribution in [0.15, 0.2) is 114 Å². The summed E-state index contributed by atoms with van der Waals surface area (Å²) >= 11 is 6.13. The van der Waals surface area contributed by atoms with Crippen LogP contribution in [0.1, 0.15) is 31.4 Å². The van der Waals surface area contributed by atoms with Crippen molar-refractivity contribution in [3.63, 3.8) is 0 Å². The van der Waals surface area contributed by atoms with Crippen LogP contribution in [-0.4, -0.2) is 50.9 Å². The fourth-order valence-corrected chi connectivity index (χ4v) is 6.33. The van der Waals surface area contributed by atoms with Gasteiger partial charge >= 0.3 is 0 Å². The first-order chi connectivity index (χ1) is 21.6. The van der Waals surface area contributed by atoms with Crippen molar-refractivity contribution in [3.8, 4) is 5.75 Å². The third-order valence-electron chi connectivity index (χ3n) is 7.51. The van der Waals surface area contributed by atoms with E-state index in [1.165, 1.54) is 24.1 Å². The van der Waals surface area contributed by atoms with Crippen LogP contribution in [0.5, 0.6) is 5.75 Å². The molecule has 0 aliphatic carbocycles. The van der Waals surface area contributed by atoms with E-state index in [-0.39, 0.29) is 35.5 Å². The second kappa shape index (κ2) is 15.6. The highest BCUT2D eigenvalue weighted by molar-refractivity contribution is 7.92. The Morgan fingerprint density at radius 1 is 0.844 bits per heavy atom. The lowest BCUT2D eigenvalue weighted by Gasteiger charge is -2.34. The Bertz CT molecular complexity index is 1650. The predicted octanol–water partition coefficient (Wildman–Crippen LogP) is 6.10. The molecule has 0 aromatic heterocycles. The molecule has 0 unspecified atom stereocenters. The van der Waals surface area contributed by atoms with E-state index in [1.807, 2.05) is 74.5 Å². The van der Waals surface area contributed by atoms with Gasteiger partial charge in [0, 0.05) is 24.0 Å². The summed E-state index contributed by atoms with van der Waals surface area (Å²) in [6.45, 7) is 3.43. The van der Waals surface area contributed by atoms with E-state index in [4.69, 9.17) is 16.3 Å². The molecule has 0 heterocycles. The van der Waals surface area contributed by atoms with E-state index in [2.05, 4.69) is 5.32 Å². The van der Waals surface area contributed by atoms with Gasteiger partial charge in [-0.15, -0.1) is 0 Å². The minimum absolute atomic E-state index is 0.0176. The van der Waals surface area contributed by atoms with Crippen LogP contribution in [0, 0.1) is 0 Å². The average molecular weight is 648 g/mol. The number of ether oxygens (including phenoxy) is 1. The molecule has 45 heavy (non-hydrogen) atoms. The first kappa shape index (κ1) is 33.6. The van der Waals surface area contributed by atoms with Crippen molar-refractivity contribution in [2.75, 3.05) is 18.0 Å². The first-order valence-corrected chi connectivity index (χ1v) is 16.5. The average Bonchev–Trinajstić information content (AvgIpc) is 3.06. The van der Waals surface area contributed by atoms with Gasteiger partial charge in [-0.2, -0.15) is 0 Å². The van der Waals surface area contributed by atoms with Gasteiger partial charge in [-0.25, -0.2) is 8.42 Å². The summed E-state index contributed by atoms with van der Waals surface area (Å²) in [4.78, 5) is 29.8. The lowest BCUT2D eigenvalue weighted by molar-refractivity contribution is -0.140. The van der Waals surface area contributed by atoms with Gasteiger partial charge in [-0.1, -0.05) is 79.2 Å². The maximum atomic E-state index is 14.5. The molecule has 4 aromatic rings. The van der Waals surface area contributed by atoms with Crippen molar-refractivity contribution in [2.24, 2.45) is 0 Å². The Morgan fingerprint density at radius 2 is 1.42 bits per heavy atom. The number of rotatable bonds is 14. The third-order valence-corrected chi connectivity index (χ3v) is 9.55. The van der Waals surface area contributed by atoms with Crippen LogP contribution < -0.4 is 14.4 Å². The van der Waals surface area contributed by atoms with Crippen molar-refractivity contribution in [2.45, 2.75) is 50.2 Å². The normalized spacial score (nSPS) is 12.5. The van der Waals surface area contributed by atoms with E-state index in [1.54, 1.807) is 36.4 Å². The second-order valence-corrected chi connectivity index (χ2v) is 13.0. The highest BCUT2D eigenvalue weighted by atomic mass is 35.5. The summed E-state index contributed by atoms with van der Waals surface area (Å²) in [6, 6.07) is 30.0. The summed E-state index contributed by atoms with van der Waals surface area (Å²) in [5.74, 6) is -0.354. The van der Waals surface area contributed by atoms with Crippen LogP contribution >= 0.6 is 11.6 Å². The van der Waals surface area contributed by atoms with Crippen LogP contribution in [0.2, 0.25) is 5.02 Å². The van der Waals surface area contributed by atoms with Crippen molar-refractivity contribution < 1.29 is 22.7 Å². The summed E-state index contributed by atoms with van der Waals surface area (Å²) in [6.07, 6.45) is 0.953. The van der Waals surface area contributed by atoms with E-state index in [0.29, 0.717) is 17.2 Å². The number of carbonyl (C=O) groups excluding carboxylic acids is 2. The fraction of sp³-hybridized carbons (Fsp3) is 0.257. The molecule has 0 radical (unpaired) electrons. The number of methoxy groups -OCH3 is 1. The number of anilines is 1. The quantitative estimate of drug-likeness (QED) is 0.179. The molecule has 236 valence electrons. The Labute approximate surface area is 270 Å². The number of nitrogens with zero attached hydrogens (tertiary/aromatic N) is 2. The Hall–Kier alpha value is -4.34. The summed E-state index contributed by atoms with van der Waals surface area (Å²) in [5.41, 5.74) is 1.93. The van der Waals surface area contributed by atoms with Gasteiger partial charge in [-0.05, 0) is 73.0 Å². The zero-order valence-corrected chi connectivity index (χ0v) is 27.2. The highest BCUT2D eigenvalue weighted by Crippen LogP contribution is 2.27. The number of hydrogen-bond donors (Lipinski definition) is 1. The lowest BCUT2D eigenvalue weighted by atomic mass is 10.0. The van der Waals surface area contributed by atoms with E-state index >= 15 is 0 Å². The van der Waals surface area contributed by atoms with Crippen LogP contribution in [-0.2, 0) is 32.6 Å². The molecule has 8 nitrogen and oxygen atoms in total. The number of nitrogens with one attached hydrogen (secondary N) is 1. The number of halogens is 1. The zero-order chi connectivity index (χ0) is 32.4. The van der Waals surface area contributed by atoms with Gasteiger partial charge in [0.25, 0.3) is 10.0 Å². The Balaban J connectivity index is 1.79. The number of hydrogen-bond acceptors (Lipinski definition) is 5. The molecule has 2 atom stereocenters.